The van der Waals surface area contributed by atoms with E-state index >= 15 is 0 Å². The van der Waals surface area contributed by atoms with E-state index in [0.717, 1.165) is 5.56 Å². The molecule has 8 heteroatoms. The van der Waals surface area contributed by atoms with E-state index in [1.807, 2.05) is 26.0 Å². The molecule has 7 nitrogen and oxygen atoms in total. The zero-order valence-corrected chi connectivity index (χ0v) is 17.8. The SMILES string of the molecule is CCNC(=NCc1ccc(OC)c(NC(C)=O)c1)NCC(C)Oc1cccc(F)c1. The van der Waals surface area contributed by atoms with E-state index in [9.17, 15) is 9.18 Å². The van der Waals surface area contributed by atoms with Crippen molar-refractivity contribution in [3.8, 4) is 11.5 Å². The number of amides is 1. The van der Waals surface area contributed by atoms with Gasteiger partial charge in [-0.2, -0.15) is 0 Å². The van der Waals surface area contributed by atoms with E-state index in [-0.39, 0.29) is 17.8 Å². The van der Waals surface area contributed by atoms with Gasteiger partial charge in [0.15, 0.2) is 5.96 Å². The van der Waals surface area contributed by atoms with E-state index in [0.29, 0.717) is 42.8 Å². The summed E-state index contributed by atoms with van der Waals surface area (Å²) in [5, 5.41) is 9.16. The summed E-state index contributed by atoms with van der Waals surface area (Å²) in [4.78, 5) is 16.0. The Morgan fingerprint density at radius 3 is 2.67 bits per heavy atom. The van der Waals surface area contributed by atoms with Crippen LogP contribution in [0.3, 0.4) is 0 Å². The third-order valence-corrected chi connectivity index (χ3v) is 4.03. The van der Waals surface area contributed by atoms with Gasteiger partial charge in [-0.05, 0) is 43.7 Å². The van der Waals surface area contributed by atoms with Gasteiger partial charge < -0.3 is 25.4 Å². The Morgan fingerprint density at radius 2 is 2.00 bits per heavy atom. The molecule has 0 aliphatic heterocycles. The van der Waals surface area contributed by atoms with Gasteiger partial charge in [0.2, 0.25) is 5.91 Å². The Labute approximate surface area is 176 Å². The van der Waals surface area contributed by atoms with Crippen molar-refractivity contribution in [1.82, 2.24) is 10.6 Å². The molecule has 30 heavy (non-hydrogen) atoms. The summed E-state index contributed by atoms with van der Waals surface area (Å²) in [7, 11) is 1.55. The number of halogens is 1. The molecule has 162 valence electrons. The van der Waals surface area contributed by atoms with Crippen LogP contribution < -0.4 is 25.4 Å². The highest BCUT2D eigenvalue weighted by atomic mass is 19.1. The third kappa shape index (κ3) is 7.62. The minimum Gasteiger partial charge on any atom is -0.495 e. The molecule has 0 saturated heterocycles. The molecule has 0 aliphatic carbocycles. The monoisotopic (exact) mass is 416 g/mol. The number of anilines is 1. The van der Waals surface area contributed by atoms with Gasteiger partial charge in [-0.25, -0.2) is 9.38 Å². The fraction of sp³-hybridized carbons (Fsp3) is 0.364. The summed E-state index contributed by atoms with van der Waals surface area (Å²) in [6, 6.07) is 11.6. The number of methoxy groups -OCH3 is 1. The van der Waals surface area contributed by atoms with Crippen LogP contribution in [0.5, 0.6) is 11.5 Å². The van der Waals surface area contributed by atoms with Gasteiger partial charge in [0.05, 0.1) is 25.9 Å². The largest absolute Gasteiger partial charge is 0.495 e. The molecular weight excluding hydrogens is 387 g/mol. The lowest BCUT2D eigenvalue weighted by Gasteiger charge is -2.18. The molecule has 0 aliphatic rings. The molecule has 0 spiro atoms. The molecule has 3 N–H and O–H groups in total. The van der Waals surface area contributed by atoms with Crippen LogP contribution in [0, 0.1) is 5.82 Å². The lowest BCUT2D eigenvalue weighted by atomic mass is 10.2. The number of ether oxygens (including phenoxy) is 2. The highest BCUT2D eigenvalue weighted by Crippen LogP contribution is 2.25. The van der Waals surface area contributed by atoms with Crippen LogP contribution in [-0.4, -0.2) is 38.2 Å². The van der Waals surface area contributed by atoms with Gasteiger partial charge in [0.1, 0.15) is 23.4 Å². The summed E-state index contributed by atoms with van der Waals surface area (Å²) < 4.78 is 24.3. The van der Waals surface area contributed by atoms with Gasteiger partial charge in [0, 0.05) is 19.5 Å². The van der Waals surface area contributed by atoms with Gasteiger partial charge in [-0.15, -0.1) is 0 Å². The van der Waals surface area contributed by atoms with Crippen molar-refractivity contribution in [2.24, 2.45) is 4.99 Å². The van der Waals surface area contributed by atoms with Crippen LogP contribution in [0.25, 0.3) is 0 Å². The number of carbonyl (C=O) groups is 1. The molecule has 1 atom stereocenters. The zero-order valence-electron chi connectivity index (χ0n) is 17.8. The van der Waals surface area contributed by atoms with Crippen molar-refractivity contribution in [3.05, 3.63) is 53.8 Å². The average molecular weight is 416 g/mol. The number of nitrogens with zero attached hydrogens (tertiary/aromatic N) is 1. The summed E-state index contributed by atoms with van der Waals surface area (Å²) in [5.41, 5.74) is 1.52. The Bertz CT molecular complexity index is 873. The van der Waals surface area contributed by atoms with Crippen LogP contribution in [0.2, 0.25) is 0 Å². The third-order valence-electron chi connectivity index (χ3n) is 4.03. The molecule has 0 aromatic heterocycles. The van der Waals surface area contributed by atoms with Gasteiger partial charge in [-0.3, -0.25) is 4.79 Å². The standard InChI is InChI=1S/C22H29FN4O3/c1-5-24-22(25-13-15(2)30-19-8-6-7-18(23)12-19)26-14-17-9-10-21(29-4)20(11-17)27-16(3)28/h6-12,15H,5,13-14H2,1-4H3,(H,27,28)(H2,24,25,26). The lowest BCUT2D eigenvalue weighted by molar-refractivity contribution is -0.114. The molecule has 0 bridgehead atoms. The highest BCUT2D eigenvalue weighted by Gasteiger charge is 2.08. The molecule has 2 aromatic rings. The number of hydrogen-bond donors (Lipinski definition) is 3. The number of benzene rings is 2. The maximum Gasteiger partial charge on any atom is 0.221 e. The second kappa shape index (κ2) is 11.6. The topological polar surface area (TPSA) is 84.0 Å². The zero-order chi connectivity index (χ0) is 21.9. The van der Waals surface area contributed by atoms with Gasteiger partial charge in [0.25, 0.3) is 0 Å². The van der Waals surface area contributed by atoms with Gasteiger partial charge in [-0.1, -0.05) is 12.1 Å². The maximum absolute atomic E-state index is 13.3. The first-order valence-electron chi connectivity index (χ1n) is 9.80. The fourth-order valence-corrected chi connectivity index (χ4v) is 2.71. The number of guanidine groups is 1. The Morgan fingerprint density at radius 1 is 1.20 bits per heavy atom. The van der Waals surface area contributed by atoms with Crippen molar-refractivity contribution in [2.75, 3.05) is 25.5 Å². The number of hydrogen-bond acceptors (Lipinski definition) is 4. The van der Waals surface area contributed by atoms with Crippen LogP contribution >= 0.6 is 0 Å². The first-order valence-corrected chi connectivity index (χ1v) is 9.80. The summed E-state index contributed by atoms with van der Waals surface area (Å²) in [6.07, 6.45) is -0.192. The van der Waals surface area contributed by atoms with E-state index in [1.165, 1.54) is 19.1 Å². The second-order valence-electron chi connectivity index (χ2n) is 6.68. The molecule has 0 radical (unpaired) electrons. The van der Waals surface area contributed by atoms with Crippen molar-refractivity contribution in [1.29, 1.82) is 0 Å². The molecule has 1 unspecified atom stereocenters. The normalized spacial score (nSPS) is 12.1. The fourth-order valence-electron chi connectivity index (χ4n) is 2.71. The minimum atomic E-state index is -0.333. The van der Waals surface area contributed by atoms with Crippen LogP contribution in [0.15, 0.2) is 47.5 Å². The minimum absolute atomic E-state index is 0.170. The predicted molar refractivity (Wildman–Crippen MR) is 117 cm³/mol. The number of rotatable bonds is 9. The van der Waals surface area contributed by atoms with Crippen LogP contribution in [0.1, 0.15) is 26.3 Å². The molecule has 0 saturated carbocycles. The number of nitrogens with one attached hydrogen (secondary N) is 3. The summed E-state index contributed by atoms with van der Waals surface area (Å²) in [6.45, 7) is 6.92. The Balaban J connectivity index is 1.99. The predicted octanol–water partition coefficient (Wildman–Crippen LogP) is 3.32. The molecule has 0 fully saturated rings. The number of carbonyl (C=O) groups excluding carboxylic acids is 1. The average Bonchev–Trinajstić information content (AvgIpc) is 2.70. The second-order valence-corrected chi connectivity index (χ2v) is 6.68. The smallest absolute Gasteiger partial charge is 0.221 e. The summed E-state index contributed by atoms with van der Waals surface area (Å²) >= 11 is 0. The molecular formula is C22H29FN4O3. The van der Waals surface area contributed by atoms with Crippen molar-refractivity contribution < 1.29 is 18.7 Å². The molecule has 0 heterocycles. The quantitative estimate of drug-likeness (QED) is 0.431. The van der Waals surface area contributed by atoms with Crippen LogP contribution in [-0.2, 0) is 11.3 Å². The van der Waals surface area contributed by atoms with Gasteiger partial charge >= 0.3 is 0 Å². The highest BCUT2D eigenvalue weighted by molar-refractivity contribution is 5.90. The Hall–Kier alpha value is -3.29. The van der Waals surface area contributed by atoms with E-state index in [1.54, 1.807) is 25.3 Å². The molecule has 2 rings (SSSR count). The molecule has 1 amide bonds. The van der Waals surface area contributed by atoms with Crippen molar-refractivity contribution in [3.63, 3.8) is 0 Å². The van der Waals surface area contributed by atoms with E-state index < -0.39 is 0 Å². The van der Waals surface area contributed by atoms with E-state index in [4.69, 9.17) is 9.47 Å². The van der Waals surface area contributed by atoms with Crippen LogP contribution in [0.4, 0.5) is 10.1 Å². The van der Waals surface area contributed by atoms with Crippen molar-refractivity contribution in [2.45, 2.75) is 33.4 Å². The molecule has 2 aromatic carbocycles. The number of aliphatic imine (C=N–C) groups is 1. The first-order chi connectivity index (χ1) is 14.4. The maximum atomic E-state index is 13.3. The summed E-state index contributed by atoms with van der Waals surface area (Å²) in [5.74, 6) is 1.20. The van der Waals surface area contributed by atoms with Crippen molar-refractivity contribution >= 4 is 17.6 Å². The lowest BCUT2D eigenvalue weighted by Crippen LogP contribution is -2.41. The van der Waals surface area contributed by atoms with E-state index in [2.05, 4.69) is 20.9 Å². The Kier molecular flexibility index (Phi) is 8.93. The first kappa shape index (κ1) is 23.0.